The lowest BCUT2D eigenvalue weighted by Gasteiger charge is -2.09. The summed E-state index contributed by atoms with van der Waals surface area (Å²) in [6.07, 6.45) is 1.25. The smallest absolute Gasteiger partial charge is 0.248 e. The monoisotopic (exact) mass is 460 g/mol. The van der Waals surface area contributed by atoms with Gasteiger partial charge in [0.15, 0.2) is 16.3 Å². The van der Waals surface area contributed by atoms with Gasteiger partial charge < -0.3 is 18.8 Å². The van der Waals surface area contributed by atoms with Crippen LogP contribution in [0.25, 0.3) is 10.2 Å². The van der Waals surface area contributed by atoms with E-state index in [-0.39, 0.29) is 5.91 Å². The molecule has 0 aliphatic rings. The highest BCUT2D eigenvalue weighted by Crippen LogP contribution is 2.33. The first-order valence-electron chi connectivity index (χ1n) is 10.1. The van der Waals surface area contributed by atoms with Crippen LogP contribution in [-0.2, 0) is 21.8 Å². The van der Waals surface area contributed by atoms with Gasteiger partial charge in [0.1, 0.15) is 0 Å². The van der Waals surface area contributed by atoms with Gasteiger partial charge in [-0.15, -0.1) is 0 Å². The SMILES string of the molecule is COCCn1c(=NC(=O)CCCSCc2ccccc2)sc2cc(OC)c(OC)cc21. The molecule has 6 nitrogen and oxygen atoms in total. The highest BCUT2D eigenvalue weighted by molar-refractivity contribution is 7.98. The summed E-state index contributed by atoms with van der Waals surface area (Å²) in [5.41, 5.74) is 2.25. The van der Waals surface area contributed by atoms with Gasteiger partial charge in [0.2, 0.25) is 5.91 Å². The van der Waals surface area contributed by atoms with E-state index in [1.807, 2.05) is 46.7 Å². The fraction of sp³-hybridized carbons (Fsp3) is 0.391. The molecule has 0 fully saturated rings. The Hall–Kier alpha value is -2.29. The summed E-state index contributed by atoms with van der Waals surface area (Å²) in [5.74, 6) is 3.09. The summed E-state index contributed by atoms with van der Waals surface area (Å²) >= 11 is 3.31. The van der Waals surface area contributed by atoms with Crippen LogP contribution in [0.15, 0.2) is 47.5 Å². The van der Waals surface area contributed by atoms with Crippen molar-refractivity contribution in [2.45, 2.75) is 25.1 Å². The van der Waals surface area contributed by atoms with Crippen LogP contribution in [0.5, 0.6) is 11.5 Å². The van der Waals surface area contributed by atoms with E-state index in [0.717, 1.165) is 28.1 Å². The summed E-state index contributed by atoms with van der Waals surface area (Å²) in [4.78, 5) is 17.6. The number of rotatable bonds is 11. The normalized spacial score (nSPS) is 11.8. The van der Waals surface area contributed by atoms with E-state index < -0.39 is 0 Å². The lowest BCUT2D eigenvalue weighted by molar-refractivity contribution is -0.118. The van der Waals surface area contributed by atoms with Crippen LogP contribution in [0.2, 0.25) is 0 Å². The predicted octanol–water partition coefficient (Wildman–Crippen LogP) is 4.51. The molecule has 3 aromatic rings. The number of thioether (sulfide) groups is 1. The highest BCUT2D eigenvalue weighted by Gasteiger charge is 2.13. The number of benzene rings is 2. The first-order chi connectivity index (χ1) is 15.2. The average molecular weight is 461 g/mol. The van der Waals surface area contributed by atoms with Crippen LogP contribution in [0.3, 0.4) is 0 Å². The molecule has 0 N–H and O–H groups in total. The largest absolute Gasteiger partial charge is 0.493 e. The van der Waals surface area contributed by atoms with Crippen molar-refractivity contribution in [2.75, 3.05) is 33.7 Å². The molecule has 0 aliphatic carbocycles. The van der Waals surface area contributed by atoms with Crippen molar-refractivity contribution in [3.63, 3.8) is 0 Å². The molecule has 1 amide bonds. The molecule has 0 saturated carbocycles. The number of amides is 1. The maximum atomic E-state index is 12.5. The Morgan fingerprint density at radius 1 is 1.10 bits per heavy atom. The third-order valence-corrected chi connectivity index (χ3v) is 6.87. The molecule has 1 aromatic heterocycles. The van der Waals surface area contributed by atoms with Crippen molar-refractivity contribution in [1.82, 2.24) is 4.57 Å². The molecule has 31 heavy (non-hydrogen) atoms. The first kappa shape index (κ1) is 23.4. The quantitative estimate of drug-likeness (QED) is 0.394. The molecule has 3 rings (SSSR count). The van der Waals surface area contributed by atoms with Crippen LogP contribution >= 0.6 is 23.1 Å². The van der Waals surface area contributed by atoms with Gasteiger partial charge >= 0.3 is 0 Å². The summed E-state index contributed by atoms with van der Waals surface area (Å²) < 4.78 is 19.1. The van der Waals surface area contributed by atoms with Gasteiger partial charge in [-0.05, 0) is 17.7 Å². The van der Waals surface area contributed by atoms with E-state index in [4.69, 9.17) is 14.2 Å². The molecule has 8 heteroatoms. The number of methoxy groups -OCH3 is 3. The first-order valence-corrected chi connectivity index (χ1v) is 12.1. The van der Waals surface area contributed by atoms with Gasteiger partial charge in [0.05, 0.1) is 31.0 Å². The van der Waals surface area contributed by atoms with Gasteiger partial charge in [-0.1, -0.05) is 41.7 Å². The summed E-state index contributed by atoms with van der Waals surface area (Å²) in [6, 6.07) is 14.2. The van der Waals surface area contributed by atoms with Crippen molar-refractivity contribution >= 4 is 39.2 Å². The van der Waals surface area contributed by atoms with Gasteiger partial charge in [-0.3, -0.25) is 4.79 Å². The third kappa shape index (κ3) is 6.35. The molecule has 0 atom stereocenters. The Labute approximate surface area is 190 Å². The number of carbonyl (C=O) groups excluding carboxylic acids is 1. The number of carbonyl (C=O) groups is 1. The number of aromatic nitrogens is 1. The number of ether oxygens (including phenoxy) is 3. The molecule has 2 aromatic carbocycles. The maximum absolute atomic E-state index is 12.5. The van der Waals surface area contributed by atoms with Crippen molar-refractivity contribution in [3.05, 3.63) is 52.8 Å². The van der Waals surface area contributed by atoms with E-state index in [0.29, 0.717) is 35.9 Å². The average Bonchev–Trinajstić information content (AvgIpc) is 3.12. The van der Waals surface area contributed by atoms with E-state index >= 15 is 0 Å². The standard InChI is InChI=1S/C23H28N2O4S2/c1-27-12-11-25-18-14-19(28-2)20(29-3)15-21(18)31-23(25)24-22(26)10-7-13-30-16-17-8-5-4-6-9-17/h4-6,8-9,14-15H,7,10-13,16H2,1-3H3. The highest BCUT2D eigenvalue weighted by atomic mass is 32.2. The molecule has 0 radical (unpaired) electrons. The zero-order valence-corrected chi connectivity index (χ0v) is 19.8. The number of thiazole rings is 1. The summed E-state index contributed by atoms with van der Waals surface area (Å²) in [5, 5.41) is 0. The molecule has 1 heterocycles. The number of fused-ring (bicyclic) bond motifs is 1. The van der Waals surface area contributed by atoms with Crippen LogP contribution < -0.4 is 14.3 Å². The minimum absolute atomic E-state index is 0.100. The minimum Gasteiger partial charge on any atom is -0.493 e. The van der Waals surface area contributed by atoms with Crippen LogP contribution in [0.4, 0.5) is 0 Å². The molecule has 166 valence electrons. The molecule has 0 aliphatic heterocycles. The Morgan fingerprint density at radius 2 is 1.84 bits per heavy atom. The maximum Gasteiger partial charge on any atom is 0.248 e. The lowest BCUT2D eigenvalue weighted by Crippen LogP contribution is -2.19. The van der Waals surface area contributed by atoms with E-state index in [9.17, 15) is 4.79 Å². The van der Waals surface area contributed by atoms with Crippen LogP contribution in [0.1, 0.15) is 18.4 Å². The Bertz CT molecular complexity index is 1060. The Balaban J connectivity index is 1.70. The van der Waals surface area contributed by atoms with Crippen molar-refractivity contribution in [1.29, 1.82) is 0 Å². The molecular weight excluding hydrogens is 432 g/mol. The van der Waals surface area contributed by atoms with Gasteiger partial charge in [0.25, 0.3) is 0 Å². The second kappa shape index (κ2) is 11.9. The number of nitrogens with zero attached hydrogens (tertiary/aromatic N) is 2. The van der Waals surface area contributed by atoms with E-state index in [2.05, 4.69) is 17.1 Å². The zero-order chi connectivity index (χ0) is 22.1. The minimum atomic E-state index is -0.100. The molecule has 0 unspecified atom stereocenters. The molecule has 0 spiro atoms. The molecule has 0 bridgehead atoms. The topological polar surface area (TPSA) is 62.1 Å². The van der Waals surface area contributed by atoms with E-state index in [1.54, 1.807) is 21.3 Å². The number of hydrogen-bond acceptors (Lipinski definition) is 6. The Kier molecular flexibility index (Phi) is 8.99. The molecular formula is C23H28N2O4S2. The van der Waals surface area contributed by atoms with E-state index in [1.165, 1.54) is 16.9 Å². The van der Waals surface area contributed by atoms with Crippen molar-refractivity contribution in [3.8, 4) is 11.5 Å². The van der Waals surface area contributed by atoms with Gasteiger partial charge in [-0.25, -0.2) is 0 Å². The Morgan fingerprint density at radius 3 is 2.55 bits per heavy atom. The fourth-order valence-corrected chi connectivity index (χ4v) is 5.14. The second-order valence-electron chi connectivity index (χ2n) is 6.85. The second-order valence-corrected chi connectivity index (χ2v) is 8.97. The third-order valence-electron chi connectivity index (χ3n) is 4.72. The van der Waals surface area contributed by atoms with Crippen molar-refractivity contribution < 1.29 is 19.0 Å². The van der Waals surface area contributed by atoms with Crippen molar-refractivity contribution in [2.24, 2.45) is 4.99 Å². The predicted molar refractivity (Wildman–Crippen MR) is 127 cm³/mol. The summed E-state index contributed by atoms with van der Waals surface area (Å²) in [7, 11) is 4.88. The number of hydrogen-bond donors (Lipinski definition) is 0. The zero-order valence-electron chi connectivity index (χ0n) is 18.1. The van der Waals surface area contributed by atoms with Crippen LogP contribution in [-0.4, -0.2) is 44.2 Å². The van der Waals surface area contributed by atoms with Crippen LogP contribution in [0, 0.1) is 0 Å². The van der Waals surface area contributed by atoms with Gasteiger partial charge in [0, 0.05) is 38.0 Å². The van der Waals surface area contributed by atoms with Gasteiger partial charge in [-0.2, -0.15) is 16.8 Å². The summed E-state index contributed by atoms with van der Waals surface area (Å²) in [6.45, 7) is 1.13. The molecule has 0 saturated heterocycles. The lowest BCUT2D eigenvalue weighted by atomic mass is 10.2. The fourth-order valence-electron chi connectivity index (χ4n) is 3.13.